The van der Waals surface area contributed by atoms with Crippen LogP contribution in [0.5, 0.6) is 0 Å². The smallest absolute Gasteiger partial charge is 0.255 e. The number of para-hydroxylation sites is 2. The van der Waals surface area contributed by atoms with Gasteiger partial charge >= 0.3 is 0 Å². The van der Waals surface area contributed by atoms with Crippen LogP contribution in [0.1, 0.15) is 35.7 Å². The summed E-state index contributed by atoms with van der Waals surface area (Å²) in [4.78, 5) is 14.9. The van der Waals surface area contributed by atoms with Gasteiger partial charge in [0.2, 0.25) is 0 Å². The molecule has 0 bridgehead atoms. The Hall–Kier alpha value is -2.29. The number of anilines is 2. The molecule has 1 saturated heterocycles. The molecule has 1 aliphatic rings. The minimum absolute atomic E-state index is 0.0495. The molecule has 2 aromatic rings. The first kappa shape index (κ1) is 15.6. The molecule has 0 atom stereocenters. The molecule has 0 aliphatic carbocycles. The summed E-state index contributed by atoms with van der Waals surface area (Å²) in [5, 5.41) is 3.08. The number of rotatable bonds is 3. The van der Waals surface area contributed by atoms with E-state index in [0.29, 0.717) is 5.56 Å². The number of benzene rings is 2. The number of nitrogens with one attached hydrogen (secondary N) is 1. The highest BCUT2D eigenvalue weighted by Gasteiger charge is 2.19. The van der Waals surface area contributed by atoms with Gasteiger partial charge in [-0.2, -0.15) is 0 Å². The molecule has 0 aromatic heterocycles. The Morgan fingerprint density at radius 2 is 1.83 bits per heavy atom. The Labute approximate surface area is 138 Å². The standard InChI is InChI=1S/C20H24N2O/c1-15-10-12-22(13-11-15)19-9-4-3-8-18(19)21-20(23)17-7-5-6-16(2)14-17/h3-9,14-15H,10-13H2,1-2H3,(H,21,23). The molecule has 0 unspecified atom stereocenters. The van der Waals surface area contributed by atoms with Crippen LogP contribution in [0.3, 0.4) is 0 Å². The third kappa shape index (κ3) is 3.73. The fourth-order valence-corrected chi connectivity index (χ4v) is 3.09. The molecule has 0 saturated carbocycles. The predicted octanol–water partition coefficient (Wildman–Crippen LogP) is 4.48. The fraction of sp³-hybridized carbons (Fsp3) is 0.350. The second kappa shape index (κ2) is 6.86. The zero-order chi connectivity index (χ0) is 16.2. The van der Waals surface area contributed by atoms with E-state index in [1.54, 1.807) is 0 Å². The molecular formula is C20H24N2O. The molecule has 23 heavy (non-hydrogen) atoms. The van der Waals surface area contributed by atoms with Gasteiger partial charge < -0.3 is 10.2 Å². The van der Waals surface area contributed by atoms with E-state index in [4.69, 9.17) is 0 Å². The number of carbonyl (C=O) groups excluding carboxylic acids is 1. The van der Waals surface area contributed by atoms with Crippen molar-refractivity contribution in [2.24, 2.45) is 5.92 Å². The van der Waals surface area contributed by atoms with Crippen molar-refractivity contribution in [1.82, 2.24) is 0 Å². The van der Waals surface area contributed by atoms with E-state index < -0.39 is 0 Å². The van der Waals surface area contributed by atoms with E-state index >= 15 is 0 Å². The molecule has 2 aromatic carbocycles. The molecule has 0 radical (unpaired) electrons. The summed E-state index contributed by atoms with van der Waals surface area (Å²) < 4.78 is 0. The molecule has 1 amide bonds. The maximum absolute atomic E-state index is 12.5. The van der Waals surface area contributed by atoms with Crippen LogP contribution in [-0.2, 0) is 0 Å². The summed E-state index contributed by atoms with van der Waals surface area (Å²) in [5.41, 5.74) is 3.82. The van der Waals surface area contributed by atoms with Crippen LogP contribution in [0.25, 0.3) is 0 Å². The normalized spacial score (nSPS) is 15.5. The van der Waals surface area contributed by atoms with Gasteiger partial charge in [-0.25, -0.2) is 0 Å². The van der Waals surface area contributed by atoms with Crippen LogP contribution in [0.15, 0.2) is 48.5 Å². The third-order valence-corrected chi connectivity index (χ3v) is 4.56. The molecular weight excluding hydrogens is 284 g/mol. The van der Waals surface area contributed by atoms with Crippen LogP contribution in [0.2, 0.25) is 0 Å². The Balaban J connectivity index is 1.79. The summed E-state index contributed by atoms with van der Waals surface area (Å²) >= 11 is 0. The molecule has 3 rings (SSSR count). The van der Waals surface area contributed by atoms with E-state index in [9.17, 15) is 4.79 Å². The minimum Gasteiger partial charge on any atom is -0.370 e. The van der Waals surface area contributed by atoms with Gasteiger partial charge in [-0.15, -0.1) is 0 Å². The Morgan fingerprint density at radius 1 is 1.09 bits per heavy atom. The number of nitrogens with zero attached hydrogens (tertiary/aromatic N) is 1. The van der Waals surface area contributed by atoms with Crippen LogP contribution in [-0.4, -0.2) is 19.0 Å². The highest BCUT2D eigenvalue weighted by molar-refractivity contribution is 6.06. The first-order chi connectivity index (χ1) is 11.1. The fourth-order valence-electron chi connectivity index (χ4n) is 3.09. The highest BCUT2D eigenvalue weighted by atomic mass is 16.1. The zero-order valence-electron chi connectivity index (χ0n) is 13.9. The van der Waals surface area contributed by atoms with Crippen molar-refractivity contribution in [3.8, 4) is 0 Å². The summed E-state index contributed by atoms with van der Waals surface area (Å²) in [5.74, 6) is 0.742. The second-order valence-corrected chi connectivity index (χ2v) is 6.51. The maximum Gasteiger partial charge on any atom is 0.255 e. The number of aryl methyl sites for hydroxylation is 1. The largest absolute Gasteiger partial charge is 0.370 e. The summed E-state index contributed by atoms with van der Waals surface area (Å²) in [6, 6.07) is 15.8. The first-order valence-electron chi connectivity index (χ1n) is 8.35. The highest BCUT2D eigenvalue weighted by Crippen LogP contribution is 2.30. The molecule has 1 fully saturated rings. The monoisotopic (exact) mass is 308 g/mol. The van der Waals surface area contributed by atoms with Crippen molar-refractivity contribution in [3.63, 3.8) is 0 Å². The lowest BCUT2D eigenvalue weighted by Crippen LogP contribution is -2.33. The number of amides is 1. The lowest BCUT2D eigenvalue weighted by atomic mass is 9.98. The third-order valence-electron chi connectivity index (χ3n) is 4.56. The molecule has 1 N–H and O–H groups in total. The number of hydrogen-bond acceptors (Lipinski definition) is 2. The summed E-state index contributed by atoms with van der Waals surface area (Å²) in [6.45, 7) is 6.42. The molecule has 0 spiro atoms. The molecule has 1 heterocycles. The van der Waals surface area contributed by atoms with Crippen LogP contribution < -0.4 is 10.2 Å². The van der Waals surface area contributed by atoms with E-state index in [1.165, 1.54) is 12.8 Å². The van der Waals surface area contributed by atoms with Gasteiger partial charge in [0.25, 0.3) is 5.91 Å². The maximum atomic E-state index is 12.5. The number of piperidine rings is 1. The van der Waals surface area contributed by atoms with Gasteiger partial charge in [0.05, 0.1) is 11.4 Å². The Morgan fingerprint density at radius 3 is 2.57 bits per heavy atom. The Bertz CT molecular complexity index is 688. The Kier molecular flexibility index (Phi) is 4.65. The van der Waals surface area contributed by atoms with Crippen molar-refractivity contribution in [2.45, 2.75) is 26.7 Å². The zero-order valence-corrected chi connectivity index (χ0v) is 13.9. The quantitative estimate of drug-likeness (QED) is 0.906. The van der Waals surface area contributed by atoms with E-state index in [0.717, 1.165) is 35.9 Å². The lowest BCUT2D eigenvalue weighted by molar-refractivity contribution is 0.102. The van der Waals surface area contributed by atoms with E-state index in [2.05, 4.69) is 23.2 Å². The van der Waals surface area contributed by atoms with Crippen molar-refractivity contribution in [3.05, 3.63) is 59.7 Å². The van der Waals surface area contributed by atoms with Crippen LogP contribution in [0.4, 0.5) is 11.4 Å². The molecule has 3 heteroatoms. The molecule has 1 aliphatic heterocycles. The predicted molar refractivity (Wildman–Crippen MR) is 96.2 cm³/mol. The van der Waals surface area contributed by atoms with E-state index in [-0.39, 0.29) is 5.91 Å². The number of hydrogen-bond donors (Lipinski definition) is 1. The minimum atomic E-state index is -0.0495. The van der Waals surface area contributed by atoms with Crippen LogP contribution >= 0.6 is 0 Å². The van der Waals surface area contributed by atoms with Gasteiger partial charge in [0.15, 0.2) is 0 Å². The van der Waals surface area contributed by atoms with Crippen molar-refractivity contribution >= 4 is 17.3 Å². The average molecular weight is 308 g/mol. The topological polar surface area (TPSA) is 32.3 Å². The second-order valence-electron chi connectivity index (χ2n) is 6.51. The van der Waals surface area contributed by atoms with Gasteiger partial charge in [-0.3, -0.25) is 4.79 Å². The van der Waals surface area contributed by atoms with Crippen molar-refractivity contribution in [2.75, 3.05) is 23.3 Å². The van der Waals surface area contributed by atoms with Gasteiger partial charge in [-0.05, 0) is 49.9 Å². The number of carbonyl (C=O) groups is 1. The van der Waals surface area contributed by atoms with Crippen LogP contribution in [0, 0.1) is 12.8 Å². The van der Waals surface area contributed by atoms with E-state index in [1.807, 2.05) is 49.4 Å². The van der Waals surface area contributed by atoms with Gasteiger partial charge in [0.1, 0.15) is 0 Å². The lowest BCUT2D eigenvalue weighted by Gasteiger charge is -2.33. The molecule has 3 nitrogen and oxygen atoms in total. The van der Waals surface area contributed by atoms with Crippen molar-refractivity contribution < 1.29 is 4.79 Å². The SMILES string of the molecule is Cc1cccc(C(=O)Nc2ccccc2N2CCC(C)CC2)c1. The van der Waals surface area contributed by atoms with Gasteiger partial charge in [0, 0.05) is 18.7 Å². The van der Waals surface area contributed by atoms with Crippen molar-refractivity contribution in [1.29, 1.82) is 0 Å². The molecule has 120 valence electrons. The van der Waals surface area contributed by atoms with Gasteiger partial charge in [-0.1, -0.05) is 36.8 Å². The summed E-state index contributed by atoms with van der Waals surface area (Å²) in [7, 11) is 0. The average Bonchev–Trinajstić information content (AvgIpc) is 2.56. The summed E-state index contributed by atoms with van der Waals surface area (Å²) in [6.07, 6.45) is 2.42. The first-order valence-corrected chi connectivity index (χ1v) is 8.35.